The highest BCUT2D eigenvalue weighted by molar-refractivity contribution is 5.89. The zero-order chi connectivity index (χ0) is 26.7. The van der Waals surface area contributed by atoms with Crippen molar-refractivity contribution in [2.45, 2.75) is 70.2 Å². The number of hydrogen-bond acceptors (Lipinski definition) is 8. The predicted molar refractivity (Wildman–Crippen MR) is 138 cm³/mol. The zero-order valence-electron chi connectivity index (χ0n) is 20.8. The van der Waals surface area contributed by atoms with Crippen molar-refractivity contribution in [3.8, 4) is 0 Å². The van der Waals surface area contributed by atoms with Crippen LogP contribution in [0.5, 0.6) is 0 Å². The van der Waals surface area contributed by atoms with Crippen LogP contribution < -0.4 is 0 Å². The van der Waals surface area contributed by atoms with Gasteiger partial charge in [-0.05, 0) is 12.8 Å². The summed E-state index contributed by atoms with van der Waals surface area (Å²) in [6, 6.07) is 0. The summed E-state index contributed by atoms with van der Waals surface area (Å²) in [6.45, 7) is 1.05. The molecule has 1 rings (SSSR count). The van der Waals surface area contributed by atoms with Gasteiger partial charge in [0.15, 0.2) is 5.76 Å². The van der Waals surface area contributed by atoms with Gasteiger partial charge in [-0.3, -0.25) is 0 Å². The van der Waals surface area contributed by atoms with Crippen LogP contribution in [0.1, 0.15) is 58.3 Å². The maximum atomic E-state index is 11.9. The van der Waals surface area contributed by atoms with Gasteiger partial charge < -0.3 is 29.9 Å². The molecule has 0 fully saturated rings. The second-order valence-corrected chi connectivity index (χ2v) is 8.18. The summed E-state index contributed by atoms with van der Waals surface area (Å²) in [6.07, 6.45) is 29.2. The minimum Gasteiger partial charge on any atom is -0.505 e. The Morgan fingerprint density at radius 2 is 1.42 bits per heavy atom. The van der Waals surface area contributed by atoms with E-state index < -0.39 is 42.0 Å². The second-order valence-electron chi connectivity index (χ2n) is 8.18. The molecule has 0 spiro atoms. The molecule has 1 aliphatic heterocycles. The van der Waals surface area contributed by atoms with Crippen molar-refractivity contribution in [2.75, 3.05) is 6.61 Å². The standard InChI is InChI=1S/C28H38O8/c1-2-3-4-5-6-7-8-9-10-11-12-13-14-15-16-17-18-19-20-21-23(30)36-28(34,22-29)26-24(31)25(32)27(33)35-26/h10-21,26,29,31-32,34H,2-9,22H2,1H3/b11-10+,13-12+,15-14+,17-16+,19-18+,21-20+/t26-,28+/m0/s1. The van der Waals surface area contributed by atoms with E-state index in [0.29, 0.717) is 0 Å². The average molecular weight is 503 g/mol. The van der Waals surface area contributed by atoms with Crippen LogP contribution >= 0.6 is 0 Å². The van der Waals surface area contributed by atoms with Gasteiger partial charge in [-0.1, -0.05) is 112 Å². The van der Waals surface area contributed by atoms with E-state index in [-0.39, 0.29) is 0 Å². The number of cyclic esters (lactones) is 1. The maximum Gasteiger partial charge on any atom is 0.378 e. The van der Waals surface area contributed by atoms with Crippen LogP contribution in [0.4, 0.5) is 0 Å². The molecule has 0 aromatic carbocycles. The summed E-state index contributed by atoms with van der Waals surface area (Å²) in [4.78, 5) is 23.1. The minimum absolute atomic E-state index is 0.958. The molecule has 0 saturated heterocycles. The first-order valence-electron chi connectivity index (χ1n) is 12.2. The molecule has 1 heterocycles. The molecule has 2 atom stereocenters. The average Bonchev–Trinajstić information content (AvgIpc) is 3.13. The van der Waals surface area contributed by atoms with Crippen LogP contribution in [0.25, 0.3) is 0 Å². The van der Waals surface area contributed by atoms with Crippen LogP contribution in [0.3, 0.4) is 0 Å². The molecule has 36 heavy (non-hydrogen) atoms. The molecule has 0 bridgehead atoms. The van der Waals surface area contributed by atoms with E-state index in [2.05, 4.69) is 17.7 Å². The molecule has 0 saturated carbocycles. The molecular formula is C28H38O8. The lowest BCUT2D eigenvalue weighted by Gasteiger charge is -2.29. The summed E-state index contributed by atoms with van der Waals surface area (Å²) >= 11 is 0. The number of carbonyl (C=O) groups excluding carboxylic acids is 2. The molecule has 4 N–H and O–H groups in total. The molecule has 198 valence electrons. The largest absolute Gasteiger partial charge is 0.505 e. The molecule has 0 aliphatic carbocycles. The molecule has 8 nitrogen and oxygen atoms in total. The van der Waals surface area contributed by atoms with E-state index in [1.165, 1.54) is 57.1 Å². The van der Waals surface area contributed by atoms with Crippen molar-refractivity contribution in [2.24, 2.45) is 0 Å². The Bertz CT molecular complexity index is 891. The third-order valence-corrected chi connectivity index (χ3v) is 5.17. The third-order valence-electron chi connectivity index (χ3n) is 5.17. The van der Waals surface area contributed by atoms with Crippen molar-refractivity contribution in [3.05, 3.63) is 84.4 Å². The van der Waals surface area contributed by atoms with E-state index in [4.69, 9.17) is 4.74 Å². The van der Waals surface area contributed by atoms with Crippen molar-refractivity contribution >= 4 is 11.9 Å². The zero-order valence-corrected chi connectivity index (χ0v) is 20.8. The van der Waals surface area contributed by atoms with Gasteiger partial charge in [0.05, 0.1) is 0 Å². The molecule has 0 aromatic heterocycles. The van der Waals surface area contributed by atoms with Gasteiger partial charge in [0.1, 0.15) is 6.61 Å². The lowest BCUT2D eigenvalue weighted by molar-refractivity contribution is -0.256. The highest BCUT2D eigenvalue weighted by Gasteiger charge is 2.51. The van der Waals surface area contributed by atoms with Crippen LogP contribution in [0.15, 0.2) is 84.4 Å². The SMILES string of the molecule is CCCCCCCCC/C=C/C=C/C=C/C=C/C=C/C=C/C(=O)O[C@](O)(CO)[C@H]1OC(=O)C(O)=C1O. The number of ether oxygens (including phenoxy) is 2. The first kappa shape index (κ1) is 30.7. The van der Waals surface area contributed by atoms with Crippen LogP contribution in [-0.2, 0) is 19.1 Å². The quantitative estimate of drug-likeness (QED) is 0.0722. The van der Waals surface area contributed by atoms with Gasteiger partial charge >= 0.3 is 11.9 Å². The predicted octanol–water partition coefficient (Wildman–Crippen LogP) is 4.94. The maximum absolute atomic E-state index is 11.9. The Morgan fingerprint density at radius 3 is 1.94 bits per heavy atom. The van der Waals surface area contributed by atoms with Crippen molar-refractivity contribution < 1.29 is 39.5 Å². The fourth-order valence-electron chi connectivity index (χ4n) is 3.17. The van der Waals surface area contributed by atoms with Gasteiger partial charge in [0.2, 0.25) is 11.9 Å². The number of unbranched alkanes of at least 4 members (excludes halogenated alkanes) is 7. The minimum atomic E-state index is -2.75. The monoisotopic (exact) mass is 502 g/mol. The number of hydrogen-bond donors (Lipinski definition) is 4. The van der Waals surface area contributed by atoms with E-state index >= 15 is 0 Å². The van der Waals surface area contributed by atoms with Gasteiger partial charge in [0, 0.05) is 6.08 Å². The van der Waals surface area contributed by atoms with E-state index in [1.54, 1.807) is 18.2 Å². The Morgan fingerprint density at radius 1 is 0.889 bits per heavy atom. The number of carbonyl (C=O) groups is 2. The Hall–Kier alpha value is -3.36. The van der Waals surface area contributed by atoms with Gasteiger partial charge in [-0.25, -0.2) is 9.59 Å². The molecule has 0 amide bonds. The van der Waals surface area contributed by atoms with Crippen molar-refractivity contribution in [1.82, 2.24) is 0 Å². The van der Waals surface area contributed by atoms with E-state index in [1.807, 2.05) is 30.4 Å². The summed E-state index contributed by atoms with van der Waals surface area (Å²) in [5.74, 6) is -7.31. The number of aliphatic hydroxyl groups is 4. The second kappa shape index (κ2) is 18.0. The van der Waals surface area contributed by atoms with Gasteiger partial charge in [-0.15, -0.1) is 0 Å². The fraction of sp³-hybridized carbons (Fsp3) is 0.429. The number of allylic oxidation sites excluding steroid dienone is 11. The highest BCUT2D eigenvalue weighted by Crippen LogP contribution is 2.29. The number of aliphatic hydroxyl groups excluding tert-OH is 3. The molecule has 0 unspecified atom stereocenters. The molecule has 0 aromatic rings. The Balaban J connectivity index is 2.28. The van der Waals surface area contributed by atoms with Crippen molar-refractivity contribution in [1.29, 1.82) is 0 Å². The molecule has 0 radical (unpaired) electrons. The molecule has 8 heteroatoms. The third kappa shape index (κ3) is 11.9. The molecular weight excluding hydrogens is 464 g/mol. The topological polar surface area (TPSA) is 134 Å². The van der Waals surface area contributed by atoms with Gasteiger partial charge in [-0.2, -0.15) is 0 Å². The van der Waals surface area contributed by atoms with Crippen molar-refractivity contribution in [3.63, 3.8) is 0 Å². The fourth-order valence-corrected chi connectivity index (χ4v) is 3.17. The molecule has 1 aliphatic rings. The van der Waals surface area contributed by atoms with Crippen LogP contribution in [-0.4, -0.2) is 50.9 Å². The summed E-state index contributed by atoms with van der Waals surface area (Å²) in [5, 5.41) is 38.4. The first-order valence-corrected chi connectivity index (χ1v) is 12.2. The number of rotatable bonds is 17. The van der Waals surface area contributed by atoms with E-state index in [0.717, 1.165) is 12.5 Å². The van der Waals surface area contributed by atoms with E-state index in [9.17, 15) is 30.0 Å². The normalized spacial score (nSPS) is 18.6. The smallest absolute Gasteiger partial charge is 0.378 e. The van der Waals surface area contributed by atoms with Crippen LogP contribution in [0, 0.1) is 0 Å². The Kier molecular flexibility index (Phi) is 15.3. The highest BCUT2D eigenvalue weighted by atomic mass is 16.7. The lowest BCUT2D eigenvalue weighted by atomic mass is 10.1. The lowest BCUT2D eigenvalue weighted by Crippen LogP contribution is -2.50. The summed E-state index contributed by atoms with van der Waals surface area (Å²) in [5.41, 5.74) is 0. The van der Waals surface area contributed by atoms with Gasteiger partial charge in [0.25, 0.3) is 5.79 Å². The summed E-state index contributed by atoms with van der Waals surface area (Å²) < 4.78 is 9.22. The number of esters is 2. The first-order chi connectivity index (χ1) is 17.4. The van der Waals surface area contributed by atoms with Crippen LogP contribution in [0.2, 0.25) is 0 Å². The summed E-state index contributed by atoms with van der Waals surface area (Å²) in [7, 11) is 0. The Labute approximate surface area is 212 Å².